The van der Waals surface area contributed by atoms with E-state index < -0.39 is 0 Å². The number of fused-ring (bicyclic) bond motifs is 1. The van der Waals surface area contributed by atoms with Gasteiger partial charge in [0.25, 0.3) is 0 Å². The minimum Gasteiger partial charge on any atom is -0.423 e. The number of hydrogen-bond acceptors (Lipinski definition) is 3. The molecule has 0 spiro atoms. The van der Waals surface area contributed by atoms with Crippen LogP contribution in [0, 0.1) is 13.8 Å². The van der Waals surface area contributed by atoms with Crippen molar-refractivity contribution in [3.63, 3.8) is 0 Å². The summed E-state index contributed by atoms with van der Waals surface area (Å²) >= 11 is 0. The van der Waals surface area contributed by atoms with Crippen molar-refractivity contribution >= 4 is 22.3 Å². The van der Waals surface area contributed by atoms with Gasteiger partial charge in [0, 0.05) is 28.9 Å². The first kappa shape index (κ1) is 12.5. The second kappa shape index (κ2) is 4.85. The minimum absolute atomic E-state index is 0.332. The highest BCUT2D eigenvalue weighted by molar-refractivity contribution is 5.81. The average Bonchev–Trinajstić information content (AvgIpc) is 2.43. The molecule has 100 valence electrons. The lowest BCUT2D eigenvalue weighted by Gasteiger charge is -2.11. The third-order valence-electron chi connectivity index (χ3n) is 3.51. The van der Waals surface area contributed by atoms with Gasteiger partial charge < -0.3 is 9.73 Å². The van der Waals surface area contributed by atoms with Gasteiger partial charge in [-0.2, -0.15) is 0 Å². The lowest BCUT2D eigenvalue weighted by Crippen LogP contribution is -1.97. The quantitative estimate of drug-likeness (QED) is 0.708. The smallest absolute Gasteiger partial charge is 0.336 e. The molecule has 0 bridgehead atoms. The first-order valence-electron chi connectivity index (χ1n) is 6.51. The van der Waals surface area contributed by atoms with E-state index in [2.05, 4.69) is 25.2 Å². The summed E-state index contributed by atoms with van der Waals surface area (Å²) in [6.07, 6.45) is 0. The minimum atomic E-state index is -0.332. The molecule has 0 unspecified atom stereocenters. The van der Waals surface area contributed by atoms with Crippen molar-refractivity contribution in [2.45, 2.75) is 13.8 Å². The van der Waals surface area contributed by atoms with Gasteiger partial charge in [0.15, 0.2) is 0 Å². The molecule has 0 atom stereocenters. The molecule has 0 radical (unpaired) electrons. The maximum atomic E-state index is 11.3. The van der Waals surface area contributed by atoms with E-state index in [1.54, 1.807) is 6.07 Å². The van der Waals surface area contributed by atoms with Crippen LogP contribution in [0.5, 0.6) is 0 Å². The molecule has 0 aliphatic carbocycles. The third kappa shape index (κ3) is 2.30. The maximum absolute atomic E-state index is 11.3. The topological polar surface area (TPSA) is 42.2 Å². The zero-order valence-electron chi connectivity index (χ0n) is 11.4. The first-order chi connectivity index (χ1) is 9.63. The largest absolute Gasteiger partial charge is 0.423 e. The predicted octanol–water partition coefficient (Wildman–Crippen LogP) is 4.15. The maximum Gasteiger partial charge on any atom is 0.336 e. The van der Waals surface area contributed by atoms with E-state index in [9.17, 15) is 4.79 Å². The monoisotopic (exact) mass is 265 g/mol. The van der Waals surface area contributed by atoms with Crippen LogP contribution >= 0.6 is 0 Å². The summed E-state index contributed by atoms with van der Waals surface area (Å²) in [5, 5.41) is 4.28. The standard InChI is InChI=1S/C17H15NO2/c1-11-4-3-5-15(12(11)2)18-14-8-6-13-7-9-17(19)20-16(13)10-14/h3-10,18H,1-2H3. The highest BCUT2D eigenvalue weighted by atomic mass is 16.4. The van der Waals surface area contributed by atoms with Gasteiger partial charge in [0.05, 0.1) is 0 Å². The Morgan fingerprint density at radius 3 is 2.65 bits per heavy atom. The van der Waals surface area contributed by atoms with Gasteiger partial charge in [-0.05, 0) is 49.2 Å². The van der Waals surface area contributed by atoms with Crippen LogP contribution in [0.4, 0.5) is 11.4 Å². The van der Waals surface area contributed by atoms with Gasteiger partial charge in [-0.3, -0.25) is 0 Å². The Morgan fingerprint density at radius 2 is 1.80 bits per heavy atom. The number of aryl methyl sites for hydroxylation is 1. The van der Waals surface area contributed by atoms with Gasteiger partial charge in [0.1, 0.15) is 5.58 Å². The molecule has 0 saturated heterocycles. The second-order valence-electron chi connectivity index (χ2n) is 4.88. The van der Waals surface area contributed by atoms with Crippen LogP contribution in [0.2, 0.25) is 0 Å². The fraction of sp³-hybridized carbons (Fsp3) is 0.118. The van der Waals surface area contributed by atoms with Crippen LogP contribution in [0.3, 0.4) is 0 Å². The Hall–Kier alpha value is -2.55. The van der Waals surface area contributed by atoms with E-state index >= 15 is 0 Å². The Labute approximate surface area is 116 Å². The van der Waals surface area contributed by atoms with E-state index in [1.165, 1.54) is 17.2 Å². The van der Waals surface area contributed by atoms with Crippen LogP contribution in [0.15, 0.2) is 57.7 Å². The molecule has 3 aromatic rings. The van der Waals surface area contributed by atoms with Crippen LogP contribution in [-0.4, -0.2) is 0 Å². The number of anilines is 2. The van der Waals surface area contributed by atoms with E-state index in [0.717, 1.165) is 16.8 Å². The van der Waals surface area contributed by atoms with Crippen LogP contribution in [0.25, 0.3) is 11.0 Å². The van der Waals surface area contributed by atoms with Crippen LogP contribution in [-0.2, 0) is 0 Å². The fourth-order valence-electron chi connectivity index (χ4n) is 2.18. The number of nitrogens with one attached hydrogen (secondary N) is 1. The average molecular weight is 265 g/mol. The predicted molar refractivity (Wildman–Crippen MR) is 81.7 cm³/mol. The van der Waals surface area contributed by atoms with Crippen molar-refractivity contribution in [1.29, 1.82) is 0 Å². The summed E-state index contributed by atoms with van der Waals surface area (Å²) in [7, 11) is 0. The van der Waals surface area contributed by atoms with Gasteiger partial charge in [-0.1, -0.05) is 12.1 Å². The zero-order valence-corrected chi connectivity index (χ0v) is 11.4. The highest BCUT2D eigenvalue weighted by Gasteiger charge is 2.03. The van der Waals surface area contributed by atoms with Crippen LogP contribution in [0.1, 0.15) is 11.1 Å². The molecule has 20 heavy (non-hydrogen) atoms. The van der Waals surface area contributed by atoms with Crippen molar-refractivity contribution in [2.75, 3.05) is 5.32 Å². The van der Waals surface area contributed by atoms with E-state index in [4.69, 9.17) is 4.42 Å². The summed E-state index contributed by atoms with van der Waals surface area (Å²) in [6, 6.07) is 15.1. The Kier molecular flexibility index (Phi) is 3.03. The van der Waals surface area contributed by atoms with Crippen molar-refractivity contribution in [3.8, 4) is 0 Å². The number of hydrogen-bond donors (Lipinski definition) is 1. The summed E-state index contributed by atoms with van der Waals surface area (Å²) in [4.78, 5) is 11.3. The Bertz CT molecular complexity index is 834. The lowest BCUT2D eigenvalue weighted by atomic mass is 10.1. The highest BCUT2D eigenvalue weighted by Crippen LogP contribution is 2.25. The molecule has 1 aromatic heterocycles. The number of rotatable bonds is 2. The van der Waals surface area contributed by atoms with Gasteiger partial charge in [0.2, 0.25) is 0 Å². The zero-order chi connectivity index (χ0) is 14.1. The molecule has 2 aromatic carbocycles. The third-order valence-corrected chi connectivity index (χ3v) is 3.51. The molecule has 3 heteroatoms. The summed E-state index contributed by atoms with van der Waals surface area (Å²) < 4.78 is 5.20. The van der Waals surface area contributed by atoms with Gasteiger partial charge >= 0.3 is 5.63 Å². The summed E-state index contributed by atoms with van der Waals surface area (Å²) in [5.74, 6) is 0. The molecule has 1 heterocycles. The molecule has 0 aliphatic heterocycles. The molecule has 0 saturated carbocycles. The van der Waals surface area contributed by atoms with Crippen molar-refractivity contribution in [3.05, 3.63) is 70.1 Å². The van der Waals surface area contributed by atoms with E-state index in [0.29, 0.717) is 5.58 Å². The molecule has 0 amide bonds. The summed E-state index contributed by atoms with van der Waals surface area (Å²) in [5.41, 5.74) is 4.67. The van der Waals surface area contributed by atoms with Crippen molar-refractivity contribution in [1.82, 2.24) is 0 Å². The molecule has 0 aliphatic rings. The summed E-state index contributed by atoms with van der Waals surface area (Å²) in [6.45, 7) is 4.17. The Morgan fingerprint density at radius 1 is 1.00 bits per heavy atom. The van der Waals surface area contributed by atoms with Crippen LogP contribution < -0.4 is 10.9 Å². The fourth-order valence-corrected chi connectivity index (χ4v) is 2.18. The molecule has 3 nitrogen and oxygen atoms in total. The van der Waals surface area contributed by atoms with Crippen molar-refractivity contribution in [2.24, 2.45) is 0 Å². The van der Waals surface area contributed by atoms with Gasteiger partial charge in [-0.25, -0.2) is 4.79 Å². The lowest BCUT2D eigenvalue weighted by molar-refractivity contribution is 0.561. The second-order valence-corrected chi connectivity index (χ2v) is 4.88. The first-order valence-corrected chi connectivity index (χ1v) is 6.51. The normalized spacial score (nSPS) is 10.7. The SMILES string of the molecule is Cc1cccc(Nc2ccc3ccc(=O)oc3c2)c1C. The molecule has 1 N–H and O–H groups in total. The van der Waals surface area contributed by atoms with E-state index in [-0.39, 0.29) is 5.63 Å². The molecular formula is C17H15NO2. The van der Waals surface area contributed by atoms with Crippen molar-refractivity contribution < 1.29 is 4.42 Å². The van der Waals surface area contributed by atoms with E-state index in [1.807, 2.05) is 30.3 Å². The molecule has 3 rings (SSSR count). The van der Waals surface area contributed by atoms with Gasteiger partial charge in [-0.15, -0.1) is 0 Å². The Balaban J connectivity index is 2.02. The number of benzene rings is 2. The molecule has 0 fully saturated rings. The molecular weight excluding hydrogens is 250 g/mol.